The maximum Gasteiger partial charge on any atom is 0.142 e. The van der Waals surface area contributed by atoms with Gasteiger partial charge in [0.25, 0.3) is 0 Å². The Morgan fingerprint density at radius 3 is 2.29 bits per heavy atom. The largest absolute Gasteiger partial charge is 0.478 e. The third kappa shape index (κ3) is 5.20. The van der Waals surface area contributed by atoms with E-state index in [4.69, 9.17) is 9.84 Å². The summed E-state index contributed by atoms with van der Waals surface area (Å²) in [7, 11) is 0. The predicted octanol–water partition coefficient (Wildman–Crippen LogP) is 2.10. The molecule has 1 rings (SSSR count). The Bertz CT molecular complexity index is 305. The molecule has 0 saturated carbocycles. The summed E-state index contributed by atoms with van der Waals surface area (Å²) < 4.78 is 5.66. The normalized spacial score (nSPS) is 12.8. The van der Waals surface area contributed by atoms with Gasteiger partial charge in [0.05, 0.1) is 6.10 Å². The molecule has 0 heterocycles. The minimum absolute atomic E-state index is 0.544. The second-order valence-corrected chi connectivity index (χ2v) is 4.08. The first-order chi connectivity index (χ1) is 8.15. The molecule has 17 heavy (non-hydrogen) atoms. The van der Waals surface area contributed by atoms with Crippen molar-refractivity contribution in [3.05, 3.63) is 36.8 Å². The van der Waals surface area contributed by atoms with Gasteiger partial charge in [0.2, 0.25) is 0 Å². The molecule has 0 saturated heterocycles. The lowest BCUT2D eigenvalue weighted by Gasteiger charge is -2.18. The maximum absolute atomic E-state index is 9.17. The summed E-state index contributed by atoms with van der Waals surface area (Å²) in [6.45, 7) is 10.4. The lowest BCUT2D eigenvalue weighted by atomic mass is 10.1. The Hall–Kier alpha value is -1.06. The van der Waals surface area contributed by atoms with E-state index >= 15 is 0 Å². The van der Waals surface area contributed by atoms with E-state index in [1.54, 1.807) is 0 Å². The number of nitrogens with zero attached hydrogens (tertiary/aromatic N) is 1. The third-order valence-electron chi connectivity index (χ3n) is 2.70. The molecule has 1 radical (unpaired) electrons. The van der Waals surface area contributed by atoms with Crippen molar-refractivity contribution in [3.8, 4) is 5.75 Å². The van der Waals surface area contributed by atoms with Crippen LogP contribution in [-0.2, 0) is 6.42 Å². The van der Waals surface area contributed by atoms with Gasteiger partial charge in [-0.1, -0.05) is 26.0 Å². The van der Waals surface area contributed by atoms with Gasteiger partial charge in [-0.05, 0) is 44.1 Å². The molecule has 1 aromatic rings. The van der Waals surface area contributed by atoms with Crippen LogP contribution >= 0.6 is 0 Å². The van der Waals surface area contributed by atoms with Crippen LogP contribution in [0.4, 0.5) is 0 Å². The van der Waals surface area contributed by atoms with Crippen molar-refractivity contribution in [2.75, 3.05) is 19.8 Å². The molecule has 0 aromatic heterocycles. The molecule has 0 aliphatic rings. The lowest BCUT2D eigenvalue weighted by molar-refractivity contribution is 0.137. The van der Waals surface area contributed by atoms with E-state index in [0.717, 1.165) is 24.4 Å². The van der Waals surface area contributed by atoms with Crippen LogP contribution in [0.5, 0.6) is 5.75 Å². The molecule has 0 fully saturated rings. The van der Waals surface area contributed by atoms with Gasteiger partial charge in [0, 0.05) is 0 Å². The predicted molar refractivity (Wildman–Crippen MR) is 69.9 cm³/mol. The summed E-state index contributed by atoms with van der Waals surface area (Å²) in [5.74, 6) is 0.860. The van der Waals surface area contributed by atoms with Crippen molar-refractivity contribution in [1.82, 2.24) is 4.90 Å². The Morgan fingerprint density at radius 1 is 1.24 bits per heavy atom. The van der Waals surface area contributed by atoms with Crippen LogP contribution in [0.25, 0.3) is 0 Å². The number of aliphatic hydroxyl groups is 1. The van der Waals surface area contributed by atoms with E-state index in [0.29, 0.717) is 13.2 Å². The molecule has 0 amide bonds. The molecule has 1 atom stereocenters. The molecule has 0 spiro atoms. The first-order valence-electron chi connectivity index (χ1n) is 6.11. The third-order valence-corrected chi connectivity index (χ3v) is 2.70. The molecule has 3 heteroatoms. The number of rotatable bonds is 7. The van der Waals surface area contributed by atoms with E-state index in [2.05, 4.69) is 25.7 Å². The minimum atomic E-state index is -0.544. The van der Waals surface area contributed by atoms with E-state index in [-0.39, 0.29) is 0 Å². The Labute approximate surface area is 104 Å². The highest BCUT2D eigenvalue weighted by Gasteiger charge is 2.02. The highest BCUT2D eigenvalue weighted by molar-refractivity contribution is 5.27. The van der Waals surface area contributed by atoms with Crippen LogP contribution in [-0.4, -0.2) is 35.9 Å². The zero-order valence-corrected chi connectivity index (χ0v) is 10.7. The van der Waals surface area contributed by atoms with Gasteiger partial charge in [-0.15, -0.1) is 0 Å². The molecule has 1 N–H and O–H groups in total. The summed E-state index contributed by atoms with van der Waals surface area (Å²) in [6.07, 6.45) is 0.0357. The van der Waals surface area contributed by atoms with Crippen LogP contribution in [0, 0.1) is 6.92 Å². The number of ether oxygens (including phenoxy) is 1. The van der Waals surface area contributed by atoms with Crippen molar-refractivity contribution < 1.29 is 9.84 Å². The standard InChI is InChI=1S/C14H22NO2/c1-4-15(5-2)11-17-14-8-6-13(7-9-14)10-12(3)16/h6-9,12,16H,3-5,10-11H2,1-2H3. The smallest absolute Gasteiger partial charge is 0.142 e. The van der Waals surface area contributed by atoms with Crippen LogP contribution in [0.2, 0.25) is 0 Å². The summed E-state index contributed by atoms with van der Waals surface area (Å²) in [5.41, 5.74) is 1.07. The number of hydrogen-bond donors (Lipinski definition) is 1. The Kier molecular flexibility index (Phi) is 6.01. The van der Waals surface area contributed by atoms with E-state index in [1.165, 1.54) is 0 Å². The minimum Gasteiger partial charge on any atom is -0.478 e. The fourth-order valence-corrected chi connectivity index (χ4v) is 1.57. The quantitative estimate of drug-likeness (QED) is 0.736. The molecule has 95 valence electrons. The molecular formula is C14H22NO2. The van der Waals surface area contributed by atoms with Crippen LogP contribution < -0.4 is 4.74 Å². The zero-order chi connectivity index (χ0) is 12.7. The van der Waals surface area contributed by atoms with Crippen LogP contribution in [0.15, 0.2) is 24.3 Å². The van der Waals surface area contributed by atoms with Gasteiger partial charge < -0.3 is 9.84 Å². The van der Waals surface area contributed by atoms with E-state index < -0.39 is 6.10 Å². The lowest BCUT2D eigenvalue weighted by Crippen LogP contribution is -2.27. The highest BCUT2D eigenvalue weighted by Crippen LogP contribution is 2.13. The fourth-order valence-electron chi connectivity index (χ4n) is 1.57. The van der Waals surface area contributed by atoms with Gasteiger partial charge >= 0.3 is 0 Å². The topological polar surface area (TPSA) is 32.7 Å². The average Bonchev–Trinajstić information content (AvgIpc) is 2.32. The molecule has 1 unspecified atom stereocenters. The first-order valence-corrected chi connectivity index (χ1v) is 6.11. The monoisotopic (exact) mass is 236 g/mol. The summed E-state index contributed by atoms with van der Waals surface area (Å²) in [5, 5.41) is 9.17. The van der Waals surface area contributed by atoms with Gasteiger partial charge in [0.15, 0.2) is 0 Å². The summed E-state index contributed by atoms with van der Waals surface area (Å²) >= 11 is 0. The number of benzene rings is 1. The van der Waals surface area contributed by atoms with Crippen LogP contribution in [0.3, 0.4) is 0 Å². The van der Waals surface area contributed by atoms with E-state index in [9.17, 15) is 0 Å². The van der Waals surface area contributed by atoms with Gasteiger partial charge in [0.1, 0.15) is 12.5 Å². The fraction of sp³-hybridized carbons (Fsp3) is 0.500. The Morgan fingerprint density at radius 2 is 1.82 bits per heavy atom. The van der Waals surface area contributed by atoms with Crippen molar-refractivity contribution in [1.29, 1.82) is 0 Å². The SMILES string of the molecule is [CH2]C(O)Cc1ccc(OCN(CC)CC)cc1. The molecule has 0 bridgehead atoms. The number of aliphatic hydroxyl groups excluding tert-OH is 1. The molecule has 0 aliphatic heterocycles. The second kappa shape index (κ2) is 7.30. The van der Waals surface area contributed by atoms with Gasteiger partial charge in [-0.2, -0.15) is 0 Å². The molecule has 0 aliphatic carbocycles. The number of hydrogen-bond acceptors (Lipinski definition) is 3. The van der Waals surface area contributed by atoms with Crippen molar-refractivity contribution in [3.63, 3.8) is 0 Å². The highest BCUT2D eigenvalue weighted by atomic mass is 16.5. The summed E-state index contributed by atoms with van der Waals surface area (Å²) in [6, 6.07) is 7.79. The average molecular weight is 236 g/mol. The summed E-state index contributed by atoms with van der Waals surface area (Å²) in [4.78, 5) is 2.20. The Balaban J connectivity index is 2.45. The second-order valence-electron chi connectivity index (χ2n) is 4.08. The van der Waals surface area contributed by atoms with Crippen molar-refractivity contribution in [2.24, 2.45) is 0 Å². The van der Waals surface area contributed by atoms with Gasteiger partial charge in [-0.25, -0.2) is 0 Å². The molecular weight excluding hydrogens is 214 g/mol. The van der Waals surface area contributed by atoms with Gasteiger partial charge in [-0.3, -0.25) is 4.90 Å². The van der Waals surface area contributed by atoms with Crippen molar-refractivity contribution in [2.45, 2.75) is 26.4 Å². The maximum atomic E-state index is 9.17. The van der Waals surface area contributed by atoms with Crippen LogP contribution in [0.1, 0.15) is 19.4 Å². The van der Waals surface area contributed by atoms with Crippen molar-refractivity contribution >= 4 is 0 Å². The van der Waals surface area contributed by atoms with E-state index in [1.807, 2.05) is 24.3 Å². The molecule has 1 aromatic carbocycles. The zero-order valence-electron chi connectivity index (χ0n) is 10.7. The molecule has 3 nitrogen and oxygen atoms in total. The first kappa shape index (κ1) is 14.0.